The van der Waals surface area contributed by atoms with Gasteiger partial charge in [-0.15, -0.1) is 0 Å². The van der Waals surface area contributed by atoms with Crippen LogP contribution in [-0.4, -0.2) is 9.97 Å². The molecular formula is C69H74FN3. The predicted octanol–water partition coefficient (Wildman–Crippen LogP) is 19.8. The maximum Gasteiger partial charge on any atom is 0.123 e. The summed E-state index contributed by atoms with van der Waals surface area (Å²) in [4.78, 5) is 8.85. The van der Waals surface area contributed by atoms with Gasteiger partial charge in [0.05, 0.1) is 23.0 Å². The lowest BCUT2D eigenvalue weighted by Crippen LogP contribution is -1.90. The predicted molar refractivity (Wildman–Crippen MR) is 309 cm³/mol. The number of hydrogen-bond acceptors (Lipinski definition) is 3. The van der Waals surface area contributed by atoms with Crippen molar-refractivity contribution in [3.8, 4) is 50.8 Å². The summed E-state index contributed by atoms with van der Waals surface area (Å²) in [6.45, 7) is 23.7. The summed E-state index contributed by atoms with van der Waals surface area (Å²) in [6.07, 6.45) is 3.84. The molecule has 4 heteroatoms. The molecule has 0 fully saturated rings. The molecule has 0 aliphatic carbocycles. The van der Waals surface area contributed by atoms with E-state index in [0.29, 0.717) is 29.6 Å². The van der Waals surface area contributed by atoms with E-state index >= 15 is 0 Å². The van der Waals surface area contributed by atoms with E-state index in [1.54, 1.807) is 12.1 Å². The van der Waals surface area contributed by atoms with Crippen LogP contribution in [0.5, 0.6) is 0 Å². The average molecular weight is 964 g/mol. The highest BCUT2D eigenvalue weighted by atomic mass is 19.1. The number of pyridine rings is 2. The van der Waals surface area contributed by atoms with Crippen LogP contribution < -0.4 is 0 Å². The Bertz CT molecular complexity index is 2780. The van der Waals surface area contributed by atoms with Crippen molar-refractivity contribution in [1.82, 2.24) is 9.97 Å². The quantitative estimate of drug-likeness (QED) is 0.145. The Morgan fingerprint density at radius 1 is 0.342 bits per heavy atom. The van der Waals surface area contributed by atoms with Gasteiger partial charge in [-0.05, 0) is 135 Å². The Morgan fingerprint density at radius 3 is 0.973 bits per heavy atom. The molecule has 0 atom stereocenters. The van der Waals surface area contributed by atoms with E-state index in [9.17, 15) is 4.39 Å². The molecular weight excluding hydrogens is 890 g/mol. The zero-order valence-corrected chi connectivity index (χ0v) is 44.9. The summed E-state index contributed by atoms with van der Waals surface area (Å²) < 4.78 is 12.8. The highest BCUT2D eigenvalue weighted by Gasteiger charge is 2.06. The zero-order valence-electron chi connectivity index (χ0n) is 44.9. The Morgan fingerprint density at radius 2 is 0.644 bits per heavy atom. The normalized spacial score (nSPS) is 10.5. The molecule has 2 heterocycles. The van der Waals surface area contributed by atoms with E-state index in [2.05, 4.69) is 219 Å². The lowest BCUT2D eigenvalue weighted by atomic mass is 9.98. The molecule has 0 bridgehead atoms. The van der Waals surface area contributed by atoms with Gasteiger partial charge in [0.1, 0.15) is 5.82 Å². The number of nitrogens with zero attached hydrogens (tertiary/aromatic N) is 3. The molecule has 0 unspecified atom stereocenters. The van der Waals surface area contributed by atoms with Crippen LogP contribution >= 0.6 is 0 Å². The fourth-order valence-corrected chi connectivity index (χ4v) is 7.57. The van der Waals surface area contributed by atoms with Crippen molar-refractivity contribution in [3.63, 3.8) is 0 Å². The molecule has 9 rings (SSSR count). The number of hydrogen-bond donors (Lipinski definition) is 0. The smallest absolute Gasteiger partial charge is 0.123 e. The van der Waals surface area contributed by atoms with Gasteiger partial charge in [0.2, 0.25) is 0 Å². The van der Waals surface area contributed by atoms with Gasteiger partial charge in [-0.2, -0.15) is 5.26 Å². The van der Waals surface area contributed by atoms with Crippen molar-refractivity contribution in [2.24, 2.45) is 0 Å². The molecule has 3 nitrogen and oxygen atoms in total. The van der Waals surface area contributed by atoms with Crippen LogP contribution in [0.3, 0.4) is 0 Å². The highest BCUT2D eigenvalue weighted by Crippen LogP contribution is 2.25. The van der Waals surface area contributed by atoms with Crippen molar-refractivity contribution in [3.05, 3.63) is 263 Å². The Labute approximate surface area is 437 Å². The summed E-state index contributed by atoms with van der Waals surface area (Å²) >= 11 is 0. The van der Waals surface area contributed by atoms with Crippen molar-refractivity contribution < 1.29 is 4.39 Å². The van der Waals surface area contributed by atoms with Crippen LogP contribution in [0.15, 0.2) is 219 Å². The first-order chi connectivity index (χ1) is 35.1. The first-order valence-electron chi connectivity index (χ1n) is 25.7. The minimum atomic E-state index is -0.220. The van der Waals surface area contributed by atoms with Crippen molar-refractivity contribution in [2.75, 3.05) is 0 Å². The van der Waals surface area contributed by atoms with Gasteiger partial charge in [-0.25, -0.2) is 4.39 Å². The molecule has 0 spiro atoms. The van der Waals surface area contributed by atoms with Gasteiger partial charge >= 0.3 is 0 Å². The topological polar surface area (TPSA) is 49.6 Å². The summed E-state index contributed by atoms with van der Waals surface area (Å²) in [5.74, 6) is 2.52. The minimum absolute atomic E-state index is 0.220. The first-order valence-corrected chi connectivity index (χ1v) is 25.7. The van der Waals surface area contributed by atoms with Crippen molar-refractivity contribution in [1.29, 1.82) is 5.26 Å². The maximum absolute atomic E-state index is 12.8. The van der Waals surface area contributed by atoms with Crippen molar-refractivity contribution >= 4 is 0 Å². The van der Waals surface area contributed by atoms with Crippen LogP contribution in [0.2, 0.25) is 0 Å². The number of aryl methyl sites for hydroxylation is 1. The van der Waals surface area contributed by atoms with Crippen LogP contribution in [-0.2, 0) is 0 Å². The molecule has 7 aromatic carbocycles. The third kappa shape index (κ3) is 18.1. The van der Waals surface area contributed by atoms with E-state index in [-0.39, 0.29) is 5.82 Å². The number of aromatic nitrogens is 2. The number of nitriles is 1. The Kier molecular flexibility index (Phi) is 22.3. The van der Waals surface area contributed by atoms with Crippen LogP contribution in [0.25, 0.3) is 44.8 Å². The summed E-state index contributed by atoms with van der Waals surface area (Å²) in [5, 5.41) is 8.77. The Hall–Kier alpha value is -7.74. The van der Waals surface area contributed by atoms with Gasteiger partial charge in [0, 0.05) is 23.5 Å². The van der Waals surface area contributed by atoms with E-state index in [1.165, 1.54) is 67.8 Å². The number of halogens is 1. The fourth-order valence-electron chi connectivity index (χ4n) is 7.57. The van der Waals surface area contributed by atoms with Crippen LogP contribution in [0.1, 0.15) is 138 Å². The van der Waals surface area contributed by atoms with E-state index in [4.69, 9.17) is 5.26 Å². The molecule has 0 N–H and O–H groups in total. The van der Waals surface area contributed by atoms with Gasteiger partial charge in [0.25, 0.3) is 0 Å². The second-order valence-corrected chi connectivity index (χ2v) is 19.8. The second kappa shape index (κ2) is 28.9. The maximum atomic E-state index is 12.8. The van der Waals surface area contributed by atoms with Gasteiger partial charge in [0.15, 0.2) is 0 Å². The molecule has 0 saturated carbocycles. The fraction of sp³-hybridized carbons (Fsp3) is 0.232. The van der Waals surface area contributed by atoms with E-state index < -0.39 is 0 Å². The molecule has 73 heavy (non-hydrogen) atoms. The summed E-state index contributed by atoms with van der Waals surface area (Å²) in [5.41, 5.74) is 17.6. The van der Waals surface area contributed by atoms with Gasteiger partial charge in [-0.3, -0.25) is 9.97 Å². The molecule has 9 aromatic rings. The SMILES string of the molecule is CC(C)c1ccc(-c2ccc(F)cc2)nc1.CC(C)c1ccc(-c2ccccc2)cc1.CC(C)c1ccc(-c2ccccc2)cc1.CC(C)c1ccc(-c2ccccc2)nc1.Cc1ccc(C(C)C)cc1C#N. The average Bonchev–Trinajstić information content (AvgIpc) is 3.42. The van der Waals surface area contributed by atoms with Crippen LogP contribution in [0, 0.1) is 24.1 Å². The zero-order chi connectivity index (χ0) is 52.7. The van der Waals surface area contributed by atoms with Gasteiger partial charge in [-0.1, -0.05) is 233 Å². The lowest BCUT2D eigenvalue weighted by molar-refractivity contribution is 0.628. The monoisotopic (exact) mass is 964 g/mol. The third-order valence-electron chi connectivity index (χ3n) is 12.5. The summed E-state index contributed by atoms with van der Waals surface area (Å²) in [7, 11) is 0. The molecule has 372 valence electrons. The number of benzene rings is 7. The highest BCUT2D eigenvalue weighted by molar-refractivity contribution is 5.65. The van der Waals surface area contributed by atoms with Crippen molar-refractivity contribution in [2.45, 2.75) is 106 Å². The molecule has 0 aliphatic rings. The second-order valence-electron chi connectivity index (χ2n) is 19.8. The van der Waals surface area contributed by atoms with Crippen LogP contribution in [0.4, 0.5) is 4.39 Å². The minimum Gasteiger partial charge on any atom is -0.256 e. The first kappa shape index (κ1) is 56.2. The standard InChI is InChI=1S/2C15H16.C14H14FN.C14H15N.C11H13N/c2*1-12(2)13-8-10-15(11-9-13)14-6-4-3-5-7-14;1-10(2)12-5-8-14(16-9-12)11-3-6-13(15)7-4-11;1-11(2)13-8-9-14(15-10-13)12-6-4-3-5-7-12;1-8(2)10-5-4-9(3)11(6-10)7-12/h2*3-12H,1-2H3;3-10H,1-2H3;3-11H,1-2H3;4-6,8H,1-3H3. The van der Waals surface area contributed by atoms with E-state index in [0.717, 1.165) is 28.1 Å². The number of rotatable bonds is 9. The van der Waals surface area contributed by atoms with Gasteiger partial charge < -0.3 is 0 Å². The lowest BCUT2D eigenvalue weighted by Gasteiger charge is -2.06. The van der Waals surface area contributed by atoms with E-state index in [1.807, 2.05) is 67.8 Å². The third-order valence-corrected chi connectivity index (χ3v) is 12.5. The molecule has 0 aliphatic heterocycles. The largest absolute Gasteiger partial charge is 0.256 e. The summed E-state index contributed by atoms with van der Waals surface area (Å²) in [6, 6.07) is 71.8. The Balaban J connectivity index is 0.000000170. The molecule has 0 radical (unpaired) electrons. The molecule has 2 aromatic heterocycles. The molecule has 0 amide bonds. The molecule has 0 saturated heterocycles.